The molecule has 1 aromatic heterocycles. The Morgan fingerprint density at radius 3 is 2.86 bits per heavy atom. The van der Waals surface area contributed by atoms with Crippen LogP contribution in [0.25, 0.3) is 0 Å². The molecule has 0 radical (unpaired) electrons. The molecule has 1 heterocycles. The van der Waals surface area contributed by atoms with Gasteiger partial charge in [0.15, 0.2) is 0 Å². The highest BCUT2D eigenvalue weighted by Crippen LogP contribution is 2.09. The molecule has 0 aliphatic heterocycles. The summed E-state index contributed by atoms with van der Waals surface area (Å²) in [5.41, 5.74) is 0.513. The lowest BCUT2D eigenvalue weighted by Gasteiger charge is -2.05. The van der Waals surface area contributed by atoms with Crippen LogP contribution in [0.4, 0.5) is 0 Å². The second kappa shape index (κ2) is 5.05. The maximum absolute atomic E-state index is 11.4. The van der Waals surface area contributed by atoms with Gasteiger partial charge in [-0.2, -0.15) is 0 Å². The predicted molar refractivity (Wildman–Crippen MR) is 57.6 cm³/mol. The monoisotopic (exact) mass is 214 g/mol. The van der Waals surface area contributed by atoms with E-state index in [0.29, 0.717) is 23.2 Å². The van der Waals surface area contributed by atoms with E-state index in [4.69, 9.17) is 11.6 Å². The van der Waals surface area contributed by atoms with Crippen molar-refractivity contribution in [3.8, 4) is 0 Å². The molecular weight excluding hydrogens is 200 g/mol. The highest BCUT2D eigenvalue weighted by atomic mass is 35.5. The van der Waals surface area contributed by atoms with Crippen molar-refractivity contribution in [2.24, 2.45) is 5.92 Å². The summed E-state index contributed by atoms with van der Waals surface area (Å²) in [4.78, 5) is 14.2. The molecule has 78 valence electrons. The topological polar surface area (TPSA) is 44.9 Å². The second-order valence-corrected chi connectivity index (χ2v) is 4.11. The lowest BCUT2D eigenvalue weighted by Crippen LogP contribution is -2.25. The molecule has 0 atom stereocenters. The fourth-order valence-electron chi connectivity index (χ4n) is 1.07. The third-order valence-corrected chi connectivity index (χ3v) is 2.12. The molecule has 0 bridgehead atoms. The number of amides is 1. The summed E-state index contributed by atoms with van der Waals surface area (Å²) >= 11 is 5.68. The molecule has 1 amide bonds. The van der Waals surface area contributed by atoms with Gasteiger partial charge in [-0.3, -0.25) is 4.79 Å². The van der Waals surface area contributed by atoms with Crippen LogP contribution < -0.4 is 5.32 Å². The number of hydrogen-bond acceptors (Lipinski definition) is 1. The highest BCUT2D eigenvalue weighted by molar-refractivity contribution is 6.30. The van der Waals surface area contributed by atoms with Crippen molar-refractivity contribution in [2.45, 2.75) is 20.3 Å². The number of hydrogen-bond donors (Lipinski definition) is 2. The largest absolute Gasteiger partial charge is 0.356 e. The van der Waals surface area contributed by atoms with Crippen LogP contribution in [0, 0.1) is 5.92 Å². The minimum atomic E-state index is -0.0995. The molecule has 1 rings (SSSR count). The van der Waals surface area contributed by atoms with Crippen LogP contribution in [-0.4, -0.2) is 17.4 Å². The van der Waals surface area contributed by atoms with Crippen molar-refractivity contribution >= 4 is 17.5 Å². The SMILES string of the molecule is CC(C)CCNC(=O)c1cc(Cl)c[nH]1. The number of aromatic amines is 1. The molecule has 0 aliphatic carbocycles. The quantitative estimate of drug-likeness (QED) is 0.795. The average Bonchev–Trinajstić information content (AvgIpc) is 2.51. The van der Waals surface area contributed by atoms with Crippen LogP contribution in [-0.2, 0) is 0 Å². The van der Waals surface area contributed by atoms with Gasteiger partial charge in [-0.1, -0.05) is 25.4 Å². The third-order valence-electron chi connectivity index (χ3n) is 1.90. The Balaban J connectivity index is 2.36. The third kappa shape index (κ3) is 3.42. The van der Waals surface area contributed by atoms with E-state index in [2.05, 4.69) is 24.1 Å². The van der Waals surface area contributed by atoms with E-state index in [1.807, 2.05) is 0 Å². The molecule has 3 nitrogen and oxygen atoms in total. The van der Waals surface area contributed by atoms with Gasteiger partial charge in [0.1, 0.15) is 5.69 Å². The molecule has 2 N–H and O–H groups in total. The lowest BCUT2D eigenvalue weighted by atomic mass is 10.1. The van der Waals surface area contributed by atoms with Crippen molar-refractivity contribution < 1.29 is 4.79 Å². The summed E-state index contributed by atoms with van der Waals surface area (Å²) in [5, 5.41) is 3.37. The number of halogens is 1. The molecule has 0 fully saturated rings. The smallest absolute Gasteiger partial charge is 0.267 e. The van der Waals surface area contributed by atoms with Gasteiger partial charge in [0.25, 0.3) is 5.91 Å². The van der Waals surface area contributed by atoms with Gasteiger partial charge >= 0.3 is 0 Å². The van der Waals surface area contributed by atoms with E-state index < -0.39 is 0 Å². The van der Waals surface area contributed by atoms with Crippen molar-refractivity contribution in [1.82, 2.24) is 10.3 Å². The van der Waals surface area contributed by atoms with Gasteiger partial charge in [-0.25, -0.2) is 0 Å². The maximum atomic E-state index is 11.4. The Morgan fingerprint density at radius 1 is 1.64 bits per heavy atom. The number of H-pyrrole nitrogens is 1. The van der Waals surface area contributed by atoms with Crippen LogP contribution in [0.3, 0.4) is 0 Å². The Bertz CT molecular complexity index is 307. The van der Waals surface area contributed by atoms with Crippen LogP contribution in [0.1, 0.15) is 30.8 Å². The lowest BCUT2D eigenvalue weighted by molar-refractivity contribution is 0.0947. The first kappa shape index (κ1) is 11.1. The molecule has 0 aromatic carbocycles. The first-order chi connectivity index (χ1) is 6.59. The molecule has 14 heavy (non-hydrogen) atoms. The number of aromatic nitrogens is 1. The molecule has 0 unspecified atom stereocenters. The highest BCUT2D eigenvalue weighted by Gasteiger charge is 2.06. The van der Waals surface area contributed by atoms with Gasteiger partial charge in [-0.15, -0.1) is 0 Å². The van der Waals surface area contributed by atoms with Crippen molar-refractivity contribution in [1.29, 1.82) is 0 Å². The molecule has 4 heteroatoms. The van der Waals surface area contributed by atoms with Gasteiger partial charge in [0.05, 0.1) is 5.02 Å². The second-order valence-electron chi connectivity index (χ2n) is 3.67. The van der Waals surface area contributed by atoms with Crippen molar-refractivity contribution in [2.75, 3.05) is 6.54 Å². The zero-order valence-corrected chi connectivity index (χ0v) is 9.19. The molecule has 0 saturated heterocycles. The first-order valence-corrected chi connectivity index (χ1v) is 5.09. The minimum absolute atomic E-state index is 0.0995. The fourth-order valence-corrected chi connectivity index (χ4v) is 1.23. The van der Waals surface area contributed by atoms with E-state index in [1.165, 1.54) is 0 Å². The summed E-state index contributed by atoms with van der Waals surface area (Å²) in [6, 6.07) is 1.62. The Kier molecular flexibility index (Phi) is 4.01. The van der Waals surface area contributed by atoms with E-state index in [0.717, 1.165) is 6.42 Å². The summed E-state index contributed by atoms with van der Waals surface area (Å²) < 4.78 is 0. The molecule has 0 spiro atoms. The fraction of sp³-hybridized carbons (Fsp3) is 0.500. The Hall–Kier alpha value is -0.960. The standard InChI is InChI=1S/C10H15ClN2O/c1-7(2)3-4-12-10(14)9-5-8(11)6-13-9/h5-7,13H,3-4H2,1-2H3,(H,12,14). The van der Waals surface area contributed by atoms with Crippen LogP contribution in [0.15, 0.2) is 12.3 Å². The van der Waals surface area contributed by atoms with E-state index in [-0.39, 0.29) is 5.91 Å². The summed E-state index contributed by atoms with van der Waals surface area (Å²) in [6.45, 7) is 4.95. The molecular formula is C10H15ClN2O. The summed E-state index contributed by atoms with van der Waals surface area (Å²) in [5.74, 6) is 0.500. The number of carbonyl (C=O) groups excluding carboxylic acids is 1. The van der Waals surface area contributed by atoms with Crippen LogP contribution in [0.2, 0.25) is 5.02 Å². The van der Waals surface area contributed by atoms with E-state index >= 15 is 0 Å². The van der Waals surface area contributed by atoms with Gasteiger partial charge in [0, 0.05) is 12.7 Å². The Labute approximate surface area is 88.8 Å². The van der Waals surface area contributed by atoms with Gasteiger partial charge in [-0.05, 0) is 18.4 Å². The minimum Gasteiger partial charge on any atom is -0.356 e. The summed E-state index contributed by atoms with van der Waals surface area (Å²) in [7, 11) is 0. The zero-order valence-electron chi connectivity index (χ0n) is 8.43. The van der Waals surface area contributed by atoms with E-state index in [9.17, 15) is 4.79 Å². The molecule has 0 saturated carbocycles. The van der Waals surface area contributed by atoms with E-state index in [1.54, 1.807) is 12.3 Å². The maximum Gasteiger partial charge on any atom is 0.267 e. The molecule has 0 aliphatic rings. The number of carbonyl (C=O) groups is 1. The molecule has 1 aromatic rings. The van der Waals surface area contributed by atoms with Crippen molar-refractivity contribution in [3.05, 3.63) is 23.0 Å². The van der Waals surface area contributed by atoms with Crippen LogP contribution >= 0.6 is 11.6 Å². The summed E-state index contributed by atoms with van der Waals surface area (Å²) in [6.07, 6.45) is 2.58. The number of rotatable bonds is 4. The zero-order chi connectivity index (χ0) is 10.6. The first-order valence-electron chi connectivity index (χ1n) is 4.71. The Morgan fingerprint density at radius 2 is 2.36 bits per heavy atom. The normalized spacial score (nSPS) is 10.6. The van der Waals surface area contributed by atoms with Gasteiger partial charge in [0.2, 0.25) is 0 Å². The average molecular weight is 215 g/mol. The van der Waals surface area contributed by atoms with Gasteiger partial charge < -0.3 is 10.3 Å². The number of nitrogens with one attached hydrogen (secondary N) is 2. The predicted octanol–water partition coefficient (Wildman–Crippen LogP) is 2.44. The van der Waals surface area contributed by atoms with Crippen LogP contribution in [0.5, 0.6) is 0 Å². The van der Waals surface area contributed by atoms with Crippen molar-refractivity contribution in [3.63, 3.8) is 0 Å².